The Morgan fingerprint density at radius 2 is 0.721 bits per heavy atom. The Hall–Kier alpha value is -6.85. The molecule has 0 spiro atoms. The zero-order valence-corrected chi connectivity index (χ0v) is 48.6. The fourth-order valence-corrected chi connectivity index (χ4v) is 7.91. The lowest BCUT2D eigenvalue weighted by molar-refractivity contribution is -0.301. The number of hydrogen-bond acceptors (Lipinski definition) is 20. The molecule has 0 aromatic rings. The summed E-state index contributed by atoms with van der Waals surface area (Å²) < 4.78 is 36.4. The Bertz CT molecular complexity index is 2770. The van der Waals surface area contributed by atoms with Crippen molar-refractivity contribution >= 4 is 5.97 Å². The van der Waals surface area contributed by atoms with Gasteiger partial charge >= 0.3 is 5.97 Å². The molecule has 3 heterocycles. The van der Waals surface area contributed by atoms with Crippen molar-refractivity contribution in [3.63, 3.8) is 0 Å². The van der Waals surface area contributed by atoms with E-state index in [2.05, 4.69) is 138 Å². The lowest BCUT2D eigenvalue weighted by Crippen LogP contribution is -2.59. The van der Waals surface area contributed by atoms with E-state index in [1.54, 1.807) is 0 Å². The number of carbonyl (C=O) groups excluding carboxylic acids is 1. The largest absolute Gasteiger partial charge is 0.463 e. The highest BCUT2D eigenvalue weighted by molar-refractivity contribution is 5.69. The summed E-state index contributed by atoms with van der Waals surface area (Å²) in [7, 11) is 0. The van der Waals surface area contributed by atoms with Gasteiger partial charge in [-0.2, -0.15) is 0 Å². The summed E-state index contributed by atoms with van der Waals surface area (Å²) in [6.07, 6.45) is 15.9. The topological polar surface area (TPSA) is 324 Å². The van der Waals surface area contributed by atoms with Crippen molar-refractivity contribution in [2.75, 3.05) is 33.0 Å². The van der Waals surface area contributed by atoms with Gasteiger partial charge in [-0.15, -0.1) is 12.8 Å². The molecule has 86 heavy (non-hydrogen) atoms. The second kappa shape index (κ2) is 51.4. The maximum Gasteiger partial charge on any atom is 0.305 e. The van der Waals surface area contributed by atoms with Gasteiger partial charge in [-0.1, -0.05) is 110 Å². The van der Waals surface area contributed by atoms with Gasteiger partial charge in [0.05, 0.1) is 13.2 Å². The highest BCUT2D eigenvalue weighted by Crippen LogP contribution is 2.25. The molecule has 0 saturated carbocycles. The molecule has 514 valence electrons. The Kier molecular flexibility index (Phi) is 46.1. The number of rotatable bonds is 29. The van der Waals surface area contributed by atoms with Crippen LogP contribution >= 0.6 is 0 Å². The van der Waals surface area contributed by atoms with E-state index in [4.69, 9.17) is 61.3 Å². The number of unbranched alkanes of at least 4 members (excludes halogenated alkanes) is 17. The molecule has 3 aliphatic heterocycles. The van der Waals surface area contributed by atoms with Gasteiger partial charge in [0.2, 0.25) is 12.6 Å². The van der Waals surface area contributed by atoms with Crippen LogP contribution in [0.15, 0.2) is 0 Å². The lowest BCUT2D eigenvalue weighted by atomic mass is 9.99. The molecular formula is C66H130O20. The SMILES string of the molecule is C#CC#CC#CC#CC#CC#COC1OC(CO)C(O)C(O)C1O.C#CC#CC#CC#CC#CC#COC1OC(COC(=O)CCCCCCCCCCC)C(O)C(O)C1O.OCCCCCCCCCCCCOC1OC(CO)C(O)C(O)C1O.[HH].[HH].[HH].[HH].[HH].[HH].[HH].[HH].[HH].[HH].[HH].[HH].[HH].[HH].[HH].[HH].[HH].[HH].[HH].[HH].[HH].[HH].[HH].[HH]. The number of ether oxygens (including phenoxy) is 7. The van der Waals surface area contributed by atoms with Crippen LogP contribution in [0.25, 0.3) is 0 Å². The third-order valence-corrected chi connectivity index (χ3v) is 12.7. The summed E-state index contributed by atoms with van der Waals surface area (Å²) in [5.74, 6) is 46.6. The molecule has 3 rings (SSSR count). The standard InChI is InChI=1S/C30H34O7.C18H36O7.C18H12O6.24H2/c1-3-5-7-9-11-13-15-17-19-21-23-35-30-29(34)28(33)27(32)25(37-30)24-36-26(31)22-20-18-16-14-12-10-8-6-4-2;19-11-9-7-5-3-1-2-4-6-8-10-12-24-18-17(23)16(22)15(21)14(13-20)25-18;1-2-3-4-5-6-7-8-9-10-11-12-23-18-17(22)16(21)15(20)14(13-19)24-18;;;;;;;;;;;;;;;;;;;;;;;;/h1,25,27-30,32-34H,4,6,8,10,12,14,16,18,20,22,24H2,2H3;14-23H,1-13H2;1,14-22H,13H2;24*1H. The molecule has 3 fully saturated rings. The van der Waals surface area contributed by atoms with Crippen molar-refractivity contribution in [3.8, 4) is 143 Å². The van der Waals surface area contributed by atoms with Crippen molar-refractivity contribution < 1.29 is 133 Å². The second-order valence-electron chi connectivity index (χ2n) is 19.3. The molecule has 12 N–H and O–H groups in total. The zero-order chi connectivity index (χ0) is 63.4. The molecule has 3 aliphatic rings. The quantitative estimate of drug-likeness (QED) is 0.0236. The van der Waals surface area contributed by atoms with Crippen LogP contribution in [0.5, 0.6) is 0 Å². The molecule has 0 radical (unpaired) electrons. The zero-order valence-electron chi connectivity index (χ0n) is 48.6. The third-order valence-electron chi connectivity index (χ3n) is 12.7. The van der Waals surface area contributed by atoms with Crippen molar-refractivity contribution in [2.45, 2.75) is 227 Å². The van der Waals surface area contributed by atoms with E-state index in [1.807, 2.05) is 0 Å². The first-order valence-corrected chi connectivity index (χ1v) is 28.7. The molecule has 20 nitrogen and oxygen atoms in total. The van der Waals surface area contributed by atoms with Crippen LogP contribution in [-0.4, -0.2) is 192 Å². The van der Waals surface area contributed by atoms with E-state index >= 15 is 0 Å². The van der Waals surface area contributed by atoms with Crippen LogP contribution < -0.4 is 0 Å². The molecule has 0 bridgehead atoms. The summed E-state index contributed by atoms with van der Waals surface area (Å²) in [6.45, 7) is 1.61. The molecule has 0 amide bonds. The van der Waals surface area contributed by atoms with E-state index in [-0.39, 0.29) is 47.3 Å². The minimum Gasteiger partial charge on any atom is -0.463 e. The molecule has 15 atom stereocenters. The smallest absolute Gasteiger partial charge is 0.305 e. The van der Waals surface area contributed by atoms with Gasteiger partial charge < -0.3 is 94.4 Å². The van der Waals surface area contributed by atoms with E-state index in [9.17, 15) is 50.8 Å². The van der Waals surface area contributed by atoms with Crippen LogP contribution in [0.4, 0.5) is 0 Å². The fourth-order valence-electron chi connectivity index (χ4n) is 7.91. The lowest BCUT2D eigenvalue weighted by Gasteiger charge is -2.39. The highest BCUT2D eigenvalue weighted by Gasteiger charge is 2.47. The van der Waals surface area contributed by atoms with Gasteiger partial charge in [0.1, 0.15) is 92.1 Å². The van der Waals surface area contributed by atoms with E-state index in [0.717, 1.165) is 51.4 Å². The predicted octanol–water partition coefficient (Wildman–Crippen LogP) is 5.89. The summed E-state index contributed by atoms with van der Waals surface area (Å²) in [6, 6.07) is 0. The summed E-state index contributed by atoms with van der Waals surface area (Å²) in [5, 5.41) is 115. The first-order chi connectivity index (χ1) is 41.7. The van der Waals surface area contributed by atoms with Gasteiger partial charge in [-0.25, -0.2) is 0 Å². The Morgan fingerprint density at radius 1 is 0.395 bits per heavy atom. The van der Waals surface area contributed by atoms with Crippen LogP contribution in [0.1, 0.15) is 170 Å². The van der Waals surface area contributed by atoms with Crippen LogP contribution in [0, 0.1) is 143 Å². The number of terminal acetylenes is 2. The molecule has 0 aromatic carbocycles. The first-order valence-electron chi connectivity index (χ1n) is 28.7. The molecule has 0 aromatic heterocycles. The summed E-state index contributed by atoms with van der Waals surface area (Å²) in [5.41, 5.74) is 0. The van der Waals surface area contributed by atoms with Gasteiger partial charge in [0.15, 0.2) is 6.29 Å². The van der Waals surface area contributed by atoms with E-state index < -0.39 is 111 Å². The minimum absolute atomic E-state index is 0. The average Bonchev–Trinajstić information content (AvgIpc) is 0.838. The summed E-state index contributed by atoms with van der Waals surface area (Å²) in [4.78, 5) is 12.0. The van der Waals surface area contributed by atoms with Gasteiger partial charge in [0.25, 0.3) is 0 Å². The number of esters is 1. The number of carbonyl (C=O) groups is 1. The molecule has 20 heteroatoms. The maximum atomic E-state index is 12.0. The van der Waals surface area contributed by atoms with E-state index in [1.165, 1.54) is 70.6 Å². The van der Waals surface area contributed by atoms with Gasteiger partial charge in [-0.3, -0.25) is 4.79 Å². The molecule has 15 unspecified atom stereocenters. The maximum absolute atomic E-state index is 12.0. The van der Waals surface area contributed by atoms with Crippen molar-refractivity contribution in [1.82, 2.24) is 0 Å². The van der Waals surface area contributed by atoms with E-state index in [0.29, 0.717) is 13.2 Å². The normalized spacial score (nSPS) is 25.3. The minimum atomic E-state index is -1.57. The fraction of sp³-hybridized carbons (Fsp3) is 0.621. The second-order valence-corrected chi connectivity index (χ2v) is 19.3. The highest BCUT2D eigenvalue weighted by atomic mass is 16.7. The molecule has 0 aliphatic carbocycles. The number of hydrogen-bond donors (Lipinski definition) is 12. The van der Waals surface area contributed by atoms with Gasteiger partial charge in [-0.05, 0) is 78.5 Å². The number of aliphatic hydroxyl groups excluding tert-OH is 12. The molecular weight excluding hydrogens is 1110 g/mol. The van der Waals surface area contributed by atoms with Crippen LogP contribution in [-0.2, 0) is 38.0 Å². The Morgan fingerprint density at radius 3 is 1.12 bits per heavy atom. The van der Waals surface area contributed by atoms with Crippen LogP contribution in [0.3, 0.4) is 0 Å². The summed E-state index contributed by atoms with van der Waals surface area (Å²) >= 11 is 0. The predicted molar refractivity (Wildman–Crippen MR) is 365 cm³/mol. The van der Waals surface area contributed by atoms with Crippen molar-refractivity contribution in [2.24, 2.45) is 0 Å². The van der Waals surface area contributed by atoms with Crippen molar-refractivity contribution in [1.29, 1.82) is 0 Å². The average molecular weight is 1240 g/mol. The molecule has 3 saturated heterocycles. The number of aliphatic hydroxyl groups is 12. The monoisotopic (exact) mass is 1240 g/mol. The first kappa shape index (κ1) is 77.2. The third kappa shape index (κ3) is 34.9. The van der Waals surface area contributed by atoms with Crippen LogP contribution in [0.2, 0.25) is 0 Å². The van der Waals surface area contributed by atoms with Crippen molar-refractivity contribution in [3.05, 3.63) is 0 Å². The van der Waals surface area contributed by atoms with Gasteiger partial charge in [0, 0.05) is 113 Å². The Labute approximate surface area is 543 Å². The Balaban J connectivity index is -0.0000000422.